The zero-order valence-corrected chi connectivity index (χ0v) is 9.51. The van der Waals surface area contributed by atoms with Gasteiger partial charge < -0.3 is 9.30 Å². The third-order valence-corrected chi connectivity index (χ3v) is 2.08. The Hall–Kier alpha value is -0.680. The highest BCUT2D eigenvalue weighted by molar-refractivity contribution is 7.71. The molecule has 0 unspecified atom stereocenters. The van der Waals surface area contributed by atoms with Crippen molar-refractivity contribution in [3.05, 3.63) is 11.1 Å². The molecule has 0 saturated carbocycles. The number of nitrogens with one attached hydrogen (secondary N) is 1. The number of rotatable bonds is 6. The molecule has 0 amide bonds. The minimum absolute atomic E-state index is 0.603. The topological polar surface area (TPSA) is 42.8 Å². The van der Waals surface area contributed by atoms with E-state index in [4.69, 9.17) is 17.0 Å². The van der Waals surface area contributed by atoms with Crippen LogP contribution in [0.4, 0.5) is 0 Å². The van der Waals surface area contributed by atoms with Crippen LogP contribution in [0.5, 0.6) is 0 Å². The predicted octanol–water partition coefficient (Wildman–Crippen LogP) is 2.00. The lowest BCUT2D eigenvalue weighted by Gasteiger charge is -2.06. The summed E-state index contributed by atoms with van der Waals surface area (Å²) in [5.41, 5.74) is 0. The molecule has 0 aliphatic carbocycles. The fraction of sp³-hybridized carbons (Fsp3) is 0.778. The van der Waals surface area contributed by atoms with Gasteiger partial charge in [-0.3, -0.25) is 5.10 Å². The van der Waals surface area contributed by atoms with Crippen LogP contribution in [-0.4, -0.2) is 28.0 Å². The molecule has 14 heavy (non-hydrogen) atoms. The van der Waals surface area contributed by atoms with Crippen molar-refractivity contribution in [2.45, 2.75) is 26.8 Å². The molecule has 1 rings (SSSR count). The third kappa shape index (κ3) is 4.02. The van der Waals surface area contributed by atoms with Crippen LogP contribution in [0.3, 0.4) is 0 Å². The molecule has 0 atom stereocenters. The SMILES string of the molecule is CC(C)COCCCn1cn[nH]c1=S. The van der Waals surface area contributed by atoms with Crippen molar-refractivity contribution in [3.63, 3.8) is 0 Å². The van der Waals surface area contributed by atoms with Crippen molar-refractivity contribution >= 4 is 12.2 Å². The Balaban J connectivity index is 2.11. The third-order valence-electron chi connectivity index (χ3n) is 1.76. The van der Waals surface area contributed by atoms with Crippen molar-refractivity contribution < 1.29 is 4.74 Å². The first-order valence-electron chi connectivity index (χ1n) is 4.87. The van der Waals surface area contributed by atoms with Gasteiger partial charge in [-0.25, -0.2) is 0 Å². The van der Waals surface area contributed by atoms with Crippen LogP contribution >= 0.6 is 12.2 Å². The number of aryl methyl sites for hydroxylation is 1. The Bertz CT molecular complexity index is 305. The summed E-state index contributed by atoms with van der Waals surface area (Å²) in [6.07, 6.45) is 2.69. The van der Waals surface area contributed by atoms with E-state index >= 15 is 0 Å². The van der Waals surface area contributed by atoms with Crippen LogP contribution in [0.1, 0.15) is 20.3 Å². The monoisotopic (exact) mass is 215 g/mol. The normalized spacial score (nSPS) is 11.1. The summed E-state index contributed by atoms with van der Waals surface area (Å²) in [7, 11) is 0. The fourth-order valence-corrected chi connectivity index (χ4v) is 1.28. The van der Waals surface area contributed by atoms with Crippen molar-refractivity contribution in [2.24, 2.45) is 5.92 Å². The Kier molecular flexibility index (Phi) is 4.82. The van der Waals surface area contributed by atoms with E-state index in [1.807, 2.05) is 4.57 Å². The maximum Gasteiger partial charge on any atom is 0.194 e. The van der Waals surface area contributed by atoms with Crippen molar-refractivity contribution in [1.82, 2.24) is 14.8 Å². The van der Waals surface area contributed by atoms with E-state index in [-0.39, 0.29) is 0 Å². The van der Waals surface area contributed by atoms with E-state index in [9.17, 15) is 0 Å². The van der Waals surface area contributed by atoms with Gasteiger partial charge in [0.2, 0.25) is 0 Å². The van der Waals surface area contributed by atoms with E-state index in [1.165, 1.54) is 0 Å². The zero-order valence-electron chi connectivity index (χ0n) is 8.69. The number of hydrogen-bond donors (Lipinski definition) is 1. The second-order valence-electron chi connectivity index (χ2n) is 3.68. The molecule has 0 radical (unpaired) electrons. The number of aromatic nitrogens is 3. The summed E-state index contributed by atoms with van der Waals surface area (Å²) in [4.78, 5) is 0. The van der Waals surface area contributed by atoms with Gasteiger partial charge in [-0.1, -0.05) is 13.8 Å². The molecular formula is C9H17N3OS. The molecule has 0 fully saturated rings. The highest BCUT2D eigenvalue weighted by atomic mass is 32.1. The molecular weight excluding hydrogens is 198 g/mol. The molecule has 0 bridgehead atoms. The summed E-state index contributed by atoms with van der Waals surface area (Å²) in [6, 6.07) is 0. The largest absolute Gasteiger partial charge is 0.381 e. The molecule has 0 aliphatic rings. The van der Waals surface area contributed by atoms with E-state index in [0.717, 1.165) is 26.2 Å². The summed E-state index contributed by atoms with van der Waals surface area (Å²) in [5, 5.41) is 6.56. The summed E-state index contributed by atoms with van der Waals surface area (Å²) in [6.45, 7) is 6.77. The maximum absolute atomic E-state index is 5.46. The van der Waals surface area contributed by atoms with Gasteiger partial charge >= 0.3 is 0 Å². The van der Waals surface area contributed by atoms with Crippen molar-refractivity contribution in [1.29, 1.82) is 0 Å². The van der Waals surface area contributed by atoms with E-state index in [1.54, 1.807) is 6.33 Å². The molecule has 0 saturated heterocycles. The van der Waals surface area contributed by atoms with Gasteiger partial charge in [0.15, 0.2) is 4.77 Å². The lowest BCUT2D eigenvalue weighted by Crippen LogP contribution is -2.06. The smallest absolute Gasteiger partial charge is 0.194 e. The van der Waals surface area contributed by atoms with Gasteiger partial charge in [0.05, 0.1) is 0 Å². The molecule has 1 N–H and O–H groups in total. The highest BCUT2D eigenvalue weighted by Crippen LogP contribution is 1.96. The lowest BCUT2D eigenvalue weighted by molar-refractivity contribution is 0.105. The van der Waals surface area contributed by atoms with Gasteiger partial charge in [0.25, 0.3) is 0 Å². The molecule has 0 aromatic carbocycles. The Labute approximate surface area is 89.3 Å². The molecule has 1 aromatic rings. The number of aromatic amines is 1. The van der Waals surface area contributed by atoms with Crippen molar-refractivity contribution in [3.8, 4) is 0 Å². The van der Waals surface area contributed by atoms with Gasteiger partial charge in [-0.15, -0.1) is 0 Å². The van der Waals surface area contributed by atoms with Gasteiger partial charge in [-0.2, -0.15) is 5.10 Å². The van der Waals surface area contributed by atoms with Gasteiger partial charge in [0, 0.05) is 19.8 Å². The zero-order chi connectivity index (χ0) is 10.4. The summed E-state index contributed by atoms with van der Waals surface area (Å²) < 4.78 is 8.04. The quantitative estimate of drug-likeness (QED) is 0.583. The second-order valence-corrected chi connectivity index (χ2v) is 4.06. The lowest BCUT2D eigenvalue weighted by atomic mass is 10.2. The summed E-state index contributed by atoms with van der Waals surface area (Å²) >= 11 is 5.01. The molecule has 1 heterocycles. The van der Waals surface area contributed by atoms with Crippen LogP contribution in [0.15, 0.2) is 6.33 Å². The van der Waals surface area contributed by atoms with E-state index in [0.29, 0.717) is 10.7 Å². The predicted molar refractivity (Wildman–Crippen MR) is 57.7 cm³/mol. The van der Waals surface area contributed by atoms with Gasteiger partial charge in [0.1, 0.15) is 6.33 Å². The summed E-state index contributed by atoms with van der Waals surface area (Å²) in [5.74, 6) is 0.603. The van der Waals surface area contributed by atoms with E-state index in [2.05, 4.69) is 24.0 Å². The average molecular weight is 215 g/mol. The maximum atomic E-state index is 5.46. The molecule has 4 nitrogen and oxygen atoms in total. The highest BCUT2D eigenvalue weighted by Gasteiger charge is 1.95. The fourth-order valence-electron chi connectivity index (χ4n) is 1.09. The van der Waals surface area contributed by atoms with Crippen molar-refractivity contribution in [2.75, 3.05) is 13.2 Å². The molecule has 80 valence electrons. The Morgan fingerprint density at radius 3 is 3.00 bits per heavy atom. The average Bonchev–Trinajstić information content (AvgIpc) is 2.51. The molecule has 0 spiro atoms. The Morgan fingerprint density at radius 2 is 2.43 bits per heavy atom. The standard InChI is InChI=1S/C9H17N3OS/c1-8(2)6-13-5-3-4-12-7-10-11-9(12)14/h7-8H,3-6H2,1-2H3,(H,11,14). The van der Waals surface area contributed by atoms with Crippen LogP contribution < -0.4 is 0 Å². The first-order chi connectivity index (χ1) is 6.70. The molecule has 5 heteroatoms. The van der Waals surface area contributed by atoms with Crippen LogP contribution in [0.2, 0.25) is 0 Å². The Morgan fingerprint density at radius 1 is 1.64 bits per heavy atom. The van der Waals surface area contributed by atoms with E-state index < -0.39 is 0 Å². The number of ether oxygens (including phenoxy) is 1. The van der Waals surface area contributed by atoms with Crippen LogP contribution in [-0.2, 0) is 11.3 Å². The number of nitrogens with zero attached hydrogens (tertiary/aromatic N) is 2. The first-order valence-corrected chi connectivity index (χ1v) is 5.28. The van der Waals surface area contributed by atoms with Gasteiger partial charge in [-0.05, 0) is 24.6 Å². The van der Waals surface area contributed by atoms with Crippen LogP contribution in [0.25, 0.3) is 0 Å². The minimum Gasteiger partial charge on any atom is -0.381 e. The number of hydrogen-bond acceptors (Lipinski definition) is 3. The molecule has 1 aromatic heterocycles. The molecule has 0 aliphatic heterocycles. The second kappa shape index (κ2) is 5.93. The first kappa shape index (κ1) is 11.4. The number of H-pyrrole nitrogens is 1. The van der Waals surface area contributed by atoms with Crippen LogP contribution in [0, 0.1) is 10.7 Å². The minimum atomic E-state index is 0.603.